The molecule has 3 aromatic carbocycles. The summed E-state index contributed by atoms with van der Waals surface area (Å²) in [5, 5.41) is 7.64. The standard InChI is InChI=1S/C27H20Cl4N4O5S/c28-18-2-6-20(7-3-18)33-26(36)27(37)34-32-14-21-8-9-22(40-21)16-35(15-17-1-12-24(30)25(31)13-17)41(38,39)23-10-4-19(29)5-11-23/h1-14H,15-16H2,(H,33,36)(H,34,37)/b32-14+. The quantitative estimate of drug-likeness (QED) is 0.123. The molecule has 1 aromatic heterocycles. The van der Waals surface area contributed by atoms with Crippen molar-refractivity contribution in [1.82, 2.24) is 9.73 Å². The third-order valence-corrected chi connectivity index (χ3v) is 8.52. The molecule has 0 atom stereocenters. The van der Waals surface area contributed by atoms with E-state index in [2.05, 4.69) is 15.8 Å². The van der Waals surface area contributed by atoms with Crippen molar-refractivity contribution in [3.63, 3.8) is 0 Å². The van der Waals surface area contributed by atoms with Gasteiger partial charge in [0.15, 0.2) is 0 Å². The monoisotopic (exact) mass is 652 g/mol. The first-order valence-electron chi connectivity index (χ1n) is 11.7. The third-order valence-electron chi connectivity index (χ3n) is 5.48. The van der Waals surface area contributed by atoms with E-state index < -0.39 is 21.8 Å². The van der Waals surface area contributed by atoms with Gasteiger partial charge in [0, 0.05) is 22.3 Å². The minimum absolute atomic E-state index is 0.0369. The Labute approximate surface area is 255 Å². The maximum Gasteiger partial charge on any atom is 0.329 e. The largest absolute Gasteiger partial charge is 0.459 e. The van der Waals surface area contributed by atoms with Crippen molar-refractivity contribution in [2.45, 2.75) is 18.0 Å². The molecule has 0 fully saturated rings. The van der Waals surface area contributed by atoms with Crippen molar-refractivity contribution in [3.8, 4) is 0 Å². The fourth-order valence-electron chi connectivity index (χ4n) is 3.47. The molecule has 0 saturated carbocycles. The van der Waals surface area contributed by atoms with E-state index in [1.807, 2.05) is 0 Å². The first kappa shape index (κ1) is 30.6. The zero-order valence-corrected chi connectivity index (χ0v) is 24.7. The molecule has 14 heteroatoms. The van der Waals surface area contributed by atoms with Crippen molar-refractivity contribution >= 4 is 80.1 Å². The first-order valence-corrected chi connectivity index (χ1v) is 14.6. The summed E-state index contributed by atoms with van der Waals surface area (Å²) in [5.74, 6) is -1.45. The molecule has 0 aliphatic carbocycles. The van der Waals surface area contributed by atoms with Gasteiger partial charge in [-0.25, -0.2) is 13.8 Å². The van der Waals surface area contributed by atoms with Crippen molar-refractivity contribution in [2.24, 2.45) is 5.10 Å². The second-order valence-corrected chi connectivity index (χ2v) is 12.1. The van der Waals surface area contributed by atoms with E-state index in [-0.39, 0.29) is 34.5 Å². The first-order chi connectivity index (χ1) is 19.5. The Morgan fingerprint density at radius 1 is 0.805 bits per heavy atom. The van der Waals surface area contributed by atoms with Crippen LogP contribution in [0.2, 0.25) is 20.1 Å². The van der Waals surface area contributed by atoms with Gasteiger partial charge in [-0.3, -0.25) is 9.59 Å². The maximum absolute atomic E-state index is 13.5. The van der Waals surface area contributed by atoms with Crippen LogP contribution < -0.4 is 10.7 Å². The molecule has 0 aliphatic rings. The van der Waals surface area contributed by atoms with Gasteiger partial charge in [0.25, 0.3) is 0 Å². The van der Waals surface area contributed by atoms with Crippen LogP contribution in [0.3, 0.4) is 0 Å². The summed E-state index contributed by atoms with van der Waals surface area (Å²) in [6.07, 6.45) is 1.17. The summed E-state index contributed by atoms with van der Waals surface area (Å²) in [4.78, 5) is 24.1. The van der Waals surface area contributed by atoms with Crippen LogP contribution in [-0.4, -0.2) is 30.8 Å². The molecule has 41 heavy (non-hydrogen) atoms. The predicted molar refractivity (Wildman–Crippen MR) is 159 cm³/mol. The number of amides is 2. The second-order valence-electron chi connectivity index (χ2n) is 8.44. The molecule has 4 rings (SSSR count). The highest BCUT2D eigenvalue weighted by Crippen LogP contribution is 2.27. The number of anilines is 1. The lowest BCUT2D eigenvalue weighted by Gasteiger charge is -2.22. The molecule has 1 heterocycles. The fraction of sp³-hybridized carbons (Fsp3) is 0.0741. The number of sulfonamides is 1. The molecule has 212 valence electrons. The highest BCUT2D eigenvalue weighted by atomic mass is 35.5. The number of carbonyl (C=O) groups is 2. The smallest absolute Gasteiger partial charge is 0.329 e. The number of benzene rings is 3. The summed E-state index contributed by atoms with van der Waals surface area (Å²) >= 11 is 23.9. The highest BCUT2D eigenvalue weighted by molar-refractivity contribution is 7.89. The summed E-state index contributed by atoms with van der Waals surface area (Å²) in [7, 11) is -4.00. The van der Waals surface area contributed by atoms with Gasteiger partial charge in [-0.2, -0.15) is 9.41 Å². The van der Waals surface area contributed by atoms with Gasteiger partial charge < -0.3 is 9.73 Å². The Balaban J connectivity index is 1.46. The molecule has 0 aliphatic heterocycles. The summed E-state index contributed by atoms with van der Waals surface area (Å²) in [6, 6.07) is 19.9. The number of furan rings is 1. The van der Waals surface area contributed by atoms with E-state index in [1.54, 1.807) is 48.5 Å². The molecule has 0 radical (unpaired) electrons. The zero-order valence-electron chi connectivity index (χ0n) is 20.9. The van der Waals surface area contributed by atoms with Crippen molar-refractivity contribution < 1.29 is 22.4 Å². The average molecular weight is 654 g/mol. The minimum atomic E-state index is -4.00. The topological polar surface area (TPSA) is 121 Å². The fourth-order valence-corrected chi connectivity index (χ4v) is 5.44. The lowest BCUT2D eigenvalue weighted by molar-refractivity contribution is -0.136. The minimum Gasteiger partial charge on any atom is -0.459 e. The van der Waals surface area contributed by atoms with Gasteiger partial charge in [-0.1, -0.05) is 52.5 Å². The Bertz CT molecular complexity index is 1690. The third kappa shape index (κ3) is 8.32. The Morgan fingerprint density at radius 2 is 1.46 bits per heavy atom. The van der Waals surface area contributed by atoms with E-state index in [4.69, 9.17) is 50.8 Å². The number of halogens is 4. The van der Waals surface area contributed by atoms with Crippen LogP contribution in [0.4, 0.5) is 5.69 Å². The van der Waals surface area contributed by atoms with Crippen molar-refractivity contribution in [1.29, 1.82) is 0 Å². The lowest BCUT2D eigenvalue weighted by atomic mass is 10.2. The molecule has 0 spiro atoms. The Morgan fingerprint density at radius 3 is 2.12 bits per heavy atom. The highest BCUT2D eigenvalue weighted by Gasteiger charge is 2.26. The number of carbonyl (C=O) groups excluding carboxylic acids is 2. The number of nitrogens with zero attached hydrogens (tertiary/aromatic N) is 2. The van der Waals surface area contributed by atoms with Crippen LogP contribution in [0.15, 0.2) is 93.3 Å². The Hall–Kier alpha value is -3.38. The van der Waals surface area contributed by atoms with E-state index >= 15 is 0 Å². The van der Waals surface area contributed by atoms with Crippen LogP contribution >= 0.6 is 46.4 Å². The predicted octanol–water partition coefficient (Wildman–Crippen LogP) is 6.37. The van der Waals surface area contributed by atoms with Crippen LogP contribution in [-0.2, 0) is 32.7 Å². The van der Waals surface area contributed by atoms with E-state index in [0.717, 1.165) is 0 Å². The number of hydrogen-bond donors (Lipinski definition) is 2. The van der Waals surface area contributed by atoms with Crippen LogP contribution in [0.5, 0.6) is 0 Å². The summed E-state index contributed by atoms with van der Waals surface area (Å²) < 4.78 is 34.0. The van der Waals surface area contributed by atoms with Gasteiger partial charge in [0.2, 0.25) is 10.0 Å². The molecule has 4 aromatic rings. The van der Waals surface area contributed by atoms with E-state index in [1.165, 1.54) is 40.9 Å². The van der Waals surface area contributed by atoms with E-state index in [9.17, 15) is 18.0 Å². The van der Waals surface area contributed by atoms with Crippen LogP contribution in [0.25, 0.3) is 0 Å². The van der Waals surface area contributed by atoms with Gasteiger partial charge in [0.1, 0.15) is 11.5 Å². The van der Waals surface area contributed by atoms with Crippen LogP contribution in [0.1, 0.15) is 17.1 Å². The number of hydrogen-bond acceptors (Lipinski definition) is 6. The van der Waals surface area contributed by atoms with Gasteiger partial charge >= 0.3 is 11.8 Å². The Kier molecular flexibility index (Phi) is 10.1. The van der Waals surface area contributed by atoms with Crippen LogP contribution in [0, 0.1) is 0 Å². The number of nitrogens with one attached hydrogen (secondary N) is 2. The second kappa shape index (κ2) is 13.5. The maximum atomic E-state index is 13.5. The summed E-state index contributed by atoms with van der Waals surface area (Å²) in [6.45, 7) is -0.181. The zero-order chi connectivity index (χ0) is 29.6. The molecule has 2 amide bonds. The molecular formula is C27H20Cl4N4O5S. The van der Waals surface area contributed by atoms with Gasteiger partial charge in [0.05, 0.1) is 27.7 Å². The van der Waals surface area contributed by atoms with Crippen molar-refractivity contribution in [3.05, 3.63) is 116 Å². The SMILES string of the molecule is O=C(N/N=C/c1ccc(CN(Cc2ccc(Cl)c(Cl)c2)S(=O)(=O)c2ccc(Cl)cc2)o1)C(=O)Nc1ccc(Cl)cc1. The average Bonchev–Trinajstić information content (AvgIpc) is 3.39. The molecule has 0 saturated heterocycles. The number of rotatable bonds is 9. The molecule has 2 N–H and O–H groups in total. The number of hydrazone groups is 1. The van der Waals surface area contributed by atoms with Gasteiger partial charge in [-0.15, -0.1) is 0 Å². The molecule has 0 bridgehead atoms. The normalized spacial score (nSPS) is 11.6. The van der Waals surface area contributed by atoms with Crippen molar-refractivity contribution in [2.75, 3.05) is 5.32 Å². The molecule has 9 nitrogen and oxygen atoms in total. The van der Waals surface area contributed by atoms with E-state index in [0.29, 0.717) is 26.3 Å². The summed E-state index contributed by atoms with van der Waals surface area (Å²) in [5.41, 5.74) is 3.08. The molecule has 0 unspecified atom stereocenters. The van der Waals surface area contributed by atoms with Gasteiger partial charge in [-0.05, 0) is 78.4 Å². The molecular weight excluding hydrogens is 634 g/mol. The lowest BCUT2D eigenvalue weighted by Crippen LogP contribution is -2.32.